The Balaban J connectivity index is 1.92. The second-order valence-electron chi connectivity index (χ2n) is 4.15. The van der Waals surface area contributed by atoms with Crippen molar-refractivity contribution in [3.63, 3.8) is 0 Å². The highest BCUT2D eigenvalue weighted by Gasteiger charge is 2.16. The number of ether oxygens (including phenoxy) is 1. The van der Waals surface area contributed by atoms with Crippen molar-refractivity contribution in [2.24, 2.45) is 10.9 Å². The van der Waals surface area contributed by atoms with E-state index in [1.165, 1.54) is 0 Å². The van der Waals surface area contributed by atoms with E-state index in [0.717, 1.165) is 36.5 Å². The standard InChI is InChI=1S/C12H17N3O2S/c13-12(15-16)11-9(3-1-5-14-11)7-18-8-10-4-2-6-17-10/h1,3,5,10,16H,2,4,6-8H2,(H2,13,15). The Hall–Kier alpha value is -1.27. The Bertz CT molecular complexity index is 420. The quantitative estimate of drug-likeness (QED) is 0.366. The molecular weight excluding hydrogens is 250 g/mol. The number of oxime groups is 1. The van der Waals surface area contributed by atoms with Crippen LogP contribution in [0.15, 0.2) is 23.5 Å². The van der Waals surface area contributed by atoms with E-state index in [1.54, 1.807) is 18.0 Å². The van der Waals surface area contributed by atoms with Gasteiger partial charge in [0.15, 0.2) is 5.84 Å². The van der Waals surface area contributed by atoms with Crippen molar-refractivity contribution in [2.45, 2.75) is 24.7 Å². The van der Waals surface area contributed by atoms with Gasteiger partial charge >= 0.3 is 0 Å². The number of hydrogen-bond acceptors (Lipinski definition) is 5. The third-order valence-electron chi connectivity index (χ3n) is 2.83. The molecule has 2 heterocycles. The molecule has 0 amide bonds. The van der Waals surface area contributed by atoms with Crippen molar-refractivity contribution in [1.82, 2.24) is 4.98 Å². The van der Waals surface area contributed by atoms with Gasteiger partial charge in [0, 0.05) is 24.3 Å². The van der Waals surface area contributed by atoms with Gasteiger partial charge in [0.1, 0.15) is 5.69 Å². The van der Waals surface area contributed by atoms with Gasteiger partial charge in [0.05, 0.1) is 6.10 Å². The summed E-state index contributed by atoms with van der Waals surface area (Å²) in [6.07, 6.45) is 4.32. The van der Waals surface area contributed by atoms with Gasteiger partial charge in [0.2, 0.25) is 0 Å². The molecule has 1 aromatic rings. The molecule has 98 valence electrons. The first-order valence-electron chi connectivity index (χ1n) is 5.92. The van der Waals surface area contributed by atoms with Gasteiger partial charge in [-0.2, -0.15) is 11.8 Å². The maximum Gasteiger partial charge on any atom is 0.189 e. The van der Waals surface area contributed by atoms with Crippen molar-refractivity contribution in [1.29, 1.82) is 0 Å². The monoisotopic (exact) mass is 267 g/mol. The molecule has 18 heavy (non-hydrogen) atoms. The molecule has 1 unspecified atom stereocenters. The minimum atomic E-state index is 0.0586. The summed E-state index contributed by atoms with van der Waals surface area (Å²) in [5.41, 5.74) is 7.13. The number of amidine groups is 1. The van der Waals surface area contributed by atoms with Crippen LogP contribution in [0.3, 0.4) is 0 Å². The van der Waals surface area contributed by atoms with E-state index >= 15 is 0 Å². The predicted octanol–water partition coefficient (Wildman–Crippen LogP) is 1.59. The average molecular weight is 267 g/mol. The van der Waals surface area contributed by atoms with E-state index in [0.29, 0.717) is 11.8 Å². The molecule has 0 spiro atoms. The number of nitrogens with two attached hydrogens (primary N) is 1. The van der Waals surface area contributed by atoms with E-state index < -0.39 is 0 Å². The smallest absolute Gasteiger partial charge is 0.189 e. The normalized spacial score (nSPS) is 20.2. The number of pyridine rings is 1. The highest BCUT2D eigenvalue weighted by molar-refractivity contribution is 7.98. The fourth-order valence-electron chi connectivity index (χ4n) is 1.91. The molecule has 5 nitrogen and oxygen atoms in total. The third-order valence-corrected chi connectivity index (χ3v) is 3.95. The highest BCUT2D eigenvalue weighted by atomic mass is 32.2. The Morgan fingerprint density at radius 3 is 3.28 bits per heavy atom. The summed E-state index contributed by atoms with van der Waals surface area (Å²) in [4.78, 5) is 4.14. The number of nitrogens with zero attached hydrogens (tertiary/aromatic N) is 2. The van der Waals surface area contributed by atoms with Crippen molar-refractivity contribution in [3.05, 3.63) is 29.6 Å². The molecule has 0 aromatic carbocycles. The zero-order chi connectivity index (χ0) is 12.8. The van der Waals surface area contributed by atoms with Gasteiger partial charge < -0.3 is 15.7 Å². The van der Waals surface area contributed by atoms with Gasteiger partial charge in [-0.05, 0) is 24.5 Å². The van der Waals surface area contributed by atoms with Gasteiger partial charge in [-0.3, -0.25) is 4.98 Å². The lowest BCUT2D eigenvalue weighted by Crippen LogP contribution is -2.17. The molecule has 6 heteroatoms. The molecule has 1 fully saturated rings. The van der Waals surface area contributed by atoms with Crippen LogP contribution in [0.5, 0.6) is 0 Å². The first-order valence-corrected chi connectivity index (χ1v) is 7.08. The average Bonchev–Trinajstić information content (AvgIpc) is 2.92. The molecule has 1 atom stereocenters. The van der Waals surface area contributed by atoms with E-state index in [-0.39, 0.29) is 5.84 Å². The maximum absolute atomic E-state index is 8.71. The summed E-state index contributed by atoms with van der Waals surface area (Å²) in [6.45, 7) is 0.882. The van der Waals surface area contributed by atoms with Gasteiger partial charge in [0.25, 0.3) is 0 Å². The summed E-state index contributed by atoms with van der Waals surface area (Å²) < 4.78 is 5.56. The van der Waals surface area contributed by atoms with Crippen LogP contribution in [-0.4, -0.2) is 34.5 Å². The SMILES string of the molecule is N/C(=N/O)c1ncccc1CSCC1CCCO1. The van der Waals surface area contributed by atoms with Gasteiger partial charge in [-0.15, -0.1) is 0 Å². The molecule has 1 aliphatic rings. The Labute approximate surface area is 110 Å². The van der Waals surface area contributed by atoms with E-state index in [9.17, 15) is 0 Å². The lowest BCUT2D eigenvalue weighted by atomic mass is 10.2. The predicted molar refractivity (Wildman–Crippen MR) is 71.9 cm³/mol. The third kappa shape index (κ3) is 3.36. The summed E-state index contributed by atoms with van der Waals surface area (Å²) in [6, 6.07) is 3.80. The van der Waals surface area contributed by atoms with Crippen molar-refractivity contribution < 1.29 is 9.94 Å². The number of rotatable bonds is 5. The summed E-state index contributed by atoms with van der Waals surface area (Å²) >= 11 is 1.79. The van der Waals surface area contributed by atoms with Crippen molar-refractivity contribution in [3.8, 4) is 0 Å². The van der Waals surface area contributed by atoms with Crippen LogP contribution in [0.2, 0.25) is 0 Å². The molecule has 1 aliphatic heterocycles. The fraction of sp³-hybridized carbons (Fsp3) is 0.500. The molecule has 3 N–H and O–H groups in total. The number of thioether (sulfide) groups is 1. The first-order chi connectivity index (χ1) is 8.81. The molecule has 2 rings (SSSR count). The molecule has 0 aliphatic carbocycles. The van der Waals surface area contributed by atoms with Crippen LogP contribution < -0.4 is 5.73 Å². The highest BCUT2D eigenvalue weighted by Crippen LogP contribution is 2.21. The first kappa shape index (κ1) is 13.2. The van der Waals surface area contributed by atoms with Gasteiger partial charge in [-0.1, -0.05) is 11.2 Å². The van der Waals surface area contributed by atoms with Crippen LogP contribution in [-0.2, 0) is 10.5 Å². The summed E-state index contributed by atoms with van der Waals surface area (Å²) in [5, 5.41) is 11.7. The Morgan fingerprint density at radius 1 is 1.67 bits per heavy atom. The van der Waals surface area contributed by atoms with Crippen molar-refractivity contribution >= 4 is 17.6 Å². The van der Waals surface area contributed by atoms with Crippen LogP contribution in [0.25, 0.3) is 0 Å². The zero-order valence-electron chi connectivity index (χ0n) is 10.1. The van der Waals surface area contributed by atoms with Crippen molar-refractivity contribution in [2.75, 3.05) is 12.4 Å². The van der Waals surface area contributed by atoms with E-state index in [4.69, 9.17) is 15.7 Å². The minimum absolute atomic E-state index is 0.0586. The second-order valence-corrected chi connectivity index (χ2v) is 5.18. The largest absolute Gasteiger partial charge is 0.409 e. The molecule has 1 aromatic heterocycles. The van der Waals surface area contributed by atoms with E-state index in [1.807, 2.05) is 12.1 Å². The molecule has 1 saturated heterocycles. The van der Waals surface area contributed by atoms with Crippen LogP contribution >= 0.6 is 11.8 Å². The van der Waals surface area contributed by atoms with Crippen LogP contribution in [0.1, 0.15) is 24.1 Å². The second kappa shape index (κ2) is 6.61. The summed E-state index contributed by atoms with van der Waals surface area (Å²) in [7, 11) is 0. The van der Waals surface area contributed by atoms with Gasteiger partial charge in [-0.25, -0.2) is 0 Å². The van der Waals surface area contributed by atoms with Crippen LogP contribution in [0, 0.1) is 0 Å². The molecule has 0 bridgehead atoms. The zero-order valence-corrected chi connectivity index (χ0v) is 10.9. The number of hydrogen-bond donors (Lipinski definition) is 2. The minimum Gasteiger partial charge on any atom is -0.409 e. The van der Waals surface area contributed by atoms with Crippen LogP contribution in [0.4, 0.5) is 0 Å². The lowest BCUT2D eigenvalue weighted by molar-refractivity contribution is 0.129. The summed E-state index contributed by atoms with van der Waals surface area (Å²) in [5.74, 6) is 1.83. The Morgan fingerprint density at radius 2 is 2.56 bits per heavy atom. The Kier molecular flexibility index (Phi) is 4.83. The molecular formula is C12H17N3O2S. The number of aromatic nitrogens is 1. The topological polar surface area (TPSA) is 80.7 Å². The molecule has 0 saturated carbocycles. The molecule has 0 radical (unpaired) electrons. The maximum atomic E-state index is 8.71. The fourth-order valence-corrected chi connectivity index (χ4v) is 3.01. The lowest BCUT2D eigenvalue weighted by Gasteiger charge is -2.10. The van der Waals surface area contributed by atoms with E-state index in [2.05, 4.69) is 10.1 Å².